The van der Waals surface area contributed by atoms with Crippen LogP contribution in [0.3, 0.4) is 0 Å². The molecule has 1 heterocycles. The summed E-state index contributed by atoms with van der Waals surface area (Å²) in [5, 5.41) is 9.15. The zero-order valence-electron chi connectivity index (χ0n) is 10.8. The molecular formula is C14H22N2O. The van der Waals surface area contributed by atoms with Crippen molar-refractivity contribution in [3.63, 3.8) is 0 Å². The summed E-state index contributed by atoms with van der Waals surface area (Å²) in [7, 11) is 2.17. The molecule has 0 amide bonds. The fraction of sp³-hybridized carbons (Fsp3) is 0.571. The molecule has 2 rings (SSSR count). The molecule has 94 valence electrons. The molecule has 0 saturated carbocycles. The summed E-state index contributed by atoms with van der Waals surface area (Å²) in [6, 6.07) is 6.56. The Kier molecular flexibility index (Phi) is 4.02. The van der Waals surface area contributed by atoms with E-state index >= 15 is 0 Å². The molecule has 1 aliphatic rings. The Morgan fingerprint density at radius 2 is 1.88 bits per heavy atom. The normalized spacial score (nSPS) is 17.5. The van der Waals surface area contributed by atoms with Crippen LogP contribution in [0.5, 0.6) is 0 Å². The second-order valence-electron chi connectivity index (χ2n) is 4.90. The van der Waals surface area contributed by atoms with Gasteiger partial charge in [-0.25, -0.2) is 0 Å². The monoisotopic (exact) mass is 234 g/mol. The largest absolute Gasteiger partial charge is 0.396 e. The Morgan fingerprint density at radius 3 is 2.53 bits per heavy atom. The summed E-state index contributed by atoms with van der Waals surface area (Å²) >= 11 is 0. The maximum atomic E-state index is 9.15. The molecule has 0 radical (unpaired) electrons. The highest BCUT2D eigenvalue weighted by Gasteiger charge is 2.16. The van der Waals surface area contributed by atoms with Gasteiger partial charge in [0.1, 0.15) is 0 Å². The van der Waals surface area contributed by atoms with Crippen LogP contribution in [0.2, 0.25) is 0 Å². The van der Waals surface area contributed by atoms with Crippen molar-refractivity contribution in [3.05, 3.63) is 29.3 Å². The lowest BCUT2D eigenvalue weighted by Gasteiger charge is -2.35. The lowest BCUT2D eigenvalue weighted by molar-refractivity contribution is 0.298. The van der Waals surface area contributed by atoms with E-state index in [1.807, 2.05) is 0 Å². The first-order chi connectivity index (χ1) is 8.20. The Morgan fingerprint density at radius 1 is 1.18 bits per heavy atom. The summed E-state index contributed by atoms with van der Waals surface area (Å²) in [5.41, 5.74) is 3.85. The van der Waals surface area contributed by atoms with E-state index in [0.717, 1.165) is 32.6 Å². The van der Waals surface area contributed by atoms with Crippen molar-refractivity contribution in [2.45, 2.75) is 13.3 Å². The van der Waals surface area contributed by atoms with Gasteiger partial charge in [0.25, 0.3) is 0 Å². The topological polar surface area (TPSA) is 26.7 Å². The molecule has 0 spiro atoms. The van der Waals surface area contributed by atoms with E-state index in [1.165, 1.54) is 16.8 Å². The second kappa shape index (κ2) is 5.52. The maximum Gasteiger partial charge on any atom is 0.0472 e. The summed E-state index contributed by atoms with van der Waals surface area (Å²) in [4.78, 5) is 4.79. The number of benzene rings is 1. The predicted molar refractivity (Wildman–Crippen MR) is 71.7 cm³/mol. The Labute approximate surface area is 104 Å². The van der Waals surface area contributed by atoms with Crippen LogP contribution in [0, 0.1) is 6.92 Å². The second-order valence-corrected chi connectivity index (χ2v) is 4.90. The minimum Gasteiger partial charge on any atom is -0.396 e. The molecular weight excluding hydrogens is 212 g/mol. The van der Waals surface area contributed by atoms with E-state index in [1.54, 1.807) is 0 Å². The molecule has 0 atom stereocenters. The summed E-state index contributed by atoms with van der Waals surface area (Å²) in [5.74, 6) is 0. The number of hydrogen-bond donors (Lipinski definition) is 1. The number of aliphatic hydroxyl groups excluding tert-OH is 1. The van der Waals surface area contributed by atoms with Crippen LogP contribution < -0.4 is 4.90 Å². The van der Waals surface area contributed by atoms with E-state index in [0.29, 0.717) is 0 Å². The number of likely N-dealkylation sites (N-methyl/N-ethyl adjacent to an activating group) is 1. The number of aryl methyl sites for hydroxylation is 1. The molecule has 0 aliphatic carbocycles. The molecule has 17 heavy (non-hydrogen) atoms. The standard InChI is InChI=1S/C14H22N2O/c1-12-3-4-14(13(11-12)5-10-17)16-8-6-15(2)7-9-16/h3-4,11,17H,5-10H2,1-2H3. The zero-order valence-corrected chi connectivity index (χ0v) is 10.8. The van der Waals surface area contributed by atoms with Crippen molar-refractivity contribution < 1.29 is 5.11 Å². The van der Waals surface area contributed by atoms with E-state index in [9.17, 15) is 0 Å². The van der Waals surface area contributed by atoms with Gasteiger partial charge in [-0.15, -0.1) is 0 Å². The zero-order chi connectivity index (χ0) is 12.3. The van der Waals surface area contributed by atoms with E-state index in [2.05, 4.69) is 42.0 Å². The molecule has 3 heteroatoms. The SMILES string of the molecule is Cc1ccc(N2CCN(C)CC2)c(CCO)c1. The summed E-state index contributed by atoms with van der Waals surface area (Å²) < 4.78 is 0. The fourth-order valence-corrected chi connectivity index (χ4v) is 2.39. The first-order valence-electron chi connectivity index (χ1n) is 6.34. The van der Waals surface area contributed by atoms with Crippen LogP contribution >= 0.6 is 0 Å². The Hall–Kier alpha value is -1.06. The lowest BCUT2D eigenvalue weighted by Crippen LogP contribution is -2.44. The highest BCUT2D eigenvalue weighted by Crippen LogP contribution is 2.23. The van der Waals surface area contributed by atoms with Crippen molar-refractivity contribution in [2.24, 2.45) is 0 Å². The smallest absolute Gasteiger partial charge is 0.0472 e. The minimum atomic E-state index is 0.226. The van der Waals surface area contributed by atoms with Crippen LogP contribution in [0.4, 0.5) is 5.69 Å². The molecule has 0 bridgehead atoms. The molecule has 0 aromatic heterocycles. The number of aliphatic hydroxyl groups is 1. The first kappa shape index (κ1) is 12.4. The average Bonchev–Trinajstić information content (AvgIpc) is 2.31. The van der Waals surface area contributed by atoms with Crippen LogP contribution in [-0.4, -0.2) is 49.8 Å². The number of anilines is 1. The van der Waals surface area contributed by atoms with Crippen molar-refractivity contribution in [1.29, 1.82) is 0 Å². The number of rotatable bonds is 3. The van der Waals surface area contributed by atoms with E-state index in [4.69, 9.17) is 5.11 Å². The first-order valence-corrected chi connectivity index (χ1v) is 6.34. The van der Waals surface area contributed by atoms with Crippen LogP contribution in [0.25, 0.3) is 0 Å². The van der Waals surface area contributed by atoms with Crippen LogP contribution in [0.1, 0.15) is 11.1 Å². The molecule has 3 nitrogen and oxygen atoms in total. The Bertz CT molecular complexity index is 370. The van der Waals surface area contributed by atoms with Crippen molar-refractivity contribution in [3.8, 4) is 0 Å². The molecule has 1 fully saturated rings. The predicted octanol–water partition coefficient (Wildman–Crippen LogP) is 1.28. The minimum absolute atomic E-state index is 0.226. The van der Waals surface area contributed by atoms with Crippen molar-refractivity contribution in [2.75, 3.05) is 44.7 Å². The van der Waals surface area contributed by atoms with Gasteiger partial charge in [0.05, 0.1) is 0 Å². The number of piperazine rings is 1. The van der Waals surface area contributed by atoms with Gasteiger partial charge < -0.3 is 14.9 Å². The molecule has 1 aromatic rings. The highest BCUT2D eigenvalue weighted by molar-refractivity contribution is 5.55. The number of nitrogens with zero attached hydrogens (tertiary/aromatic N) is 2. The van der Waals surface area contributed by atoms with Gasteiger partial charge >= 0.3 is 0 Å². The van der Waals surface area contributed by atoms with Gasteiger partial charge in [-0.1, -0.05) is 17.7 Å². The summed E-state index contributed by atoms with van der Waals surface area (Å²) in [6.07, 6.45) is 0.753. The third kappa shape index (κ3) is 2.99. The van der Waals surface area contributed by atoms with E-state index in [-0.39, 0.29) is 6.61 Å². The van der Waals surface area contributed by atoms with Gasteiger partial charge in [-0.3, -0.25) is 0 Å². The summed E-state index contributed by atoms with van der Waals surface area (Å²) in [6.45, 7) is 6.73. The quantitative estimate of drug-likeness (QED) is 0.853. The van der Waals surface area contributed by atoms with Crippen LogP contribution in [-0.2, 0) is 6.42 Å². The molecule has 1 aromatic carbocycles. The molecule has 1 saturated heterocycles. The van der Waals surface area contributed by atoms with Gasteiger partial charge in [0.15, 0.2) is 0 Å². The molecule has 1 N–H and O–H groups in total. The van der Waals surface area contributed by atoms with Gasteiger partial charge in [-0.2, -0.15) is 0 Å². The molecule has 1 aliphatic heterocycles. The van der Waals surface area contributed by atoms with Gasteiger partial charge in [0, 0.05) is 38.5 Å². The Balaban J connectivity index is 2.18. The van der Waals surface area contributed by atoms with Crippen LogP contribution in [0.15, 0.2) is 18.2 Å². The van der Waals surface area contributed by atoms with Gasteiger partial charge in [-0.05, 0) is 32.0 Å². The fourth-order valence-electron chi connectivity index (χ4n) is 2.39. The number of hydrogen-bond acceptors (Lipinski definition) is 3. The lowest BCUT2D eigenvalue weighted by atomic mass is 10.0. The third-order valence-corrected chi connectivity index (χ3v) is 3.46. The third-order valence-electron chi connectivity index (χ3n) is 3.46. The average molecular weight is 234 g/mol. The van der Waals surface area contributed by atoms with Crippen molar-refractivity contribution >= 4 is 5.69 Å². The maximum absolute atomic E-state index is 9.15. The van der Waals surface area contributed by atoms with Gasteiger partial charge in [0.2, 0.25) is 0 Å². The van der Waals surface area contributed by atoms with E-state index < -0.39 is 0 Å². The van der Waals surface area contributed by atoms with Crippen molar-refractivity contribution in [1.82, 2.24) is 4.90 Å². The molecule has 0 unspecified atom stereocenters. The highest BCUT2D eigenvalue weighted by atomic mass is 16.2.